The third-order valence-electron chi connectivity index (χ3n) is 3.19. The number of rotatable bonds is 6. The molecule has 7 heteroatoms. The highest BCUT2D eigenvalue weighted by Crippen LogP contribution is 2.16. The quantitative estimate of drug-likeness (QED) is 0.835. The lowest BCUT2D eigenvalue weighted by atomic mass is 10.1. The molecule has 2 heterocycles. The summed E-state index contributed by atoms with van der Waals surface area (Å²) >= 11 is 0. The molecule has 2 rings (SSSR count). The summed E-state index contributed by atoms with van der Waals surface area (Å²) in [5.74, 6) is 1.24. The molecule has 1 atom stereocenters. The maximum atomic E-state index is 5.73. The number of anilines is 2. The minimum absolute atomic E-state index is 0.194. The molecule has 1 fully saturated rings. The summed E-state index contributed by atoms with van der Waals surface area (Å²) in [7, 11) is 0. The standard InChI is InChI=1S/C13H23N5O2/c1-3-4-10(2)9-20-13-16-11(14)15-12(17-13)18-5-7-19-8-6-18/h10H,3-9H2,1-2H3,(H2,14,15,16,17). The van der Waals surface area contributed by atoms with Crippen molar-refractivity contribution in [3.8, 4) is 6.01 Å². The van der Waals surface area contributed by atoms with Crippen molar-refractivity contribution < 1.29 is 9.47 Å². The second-order valence-corrected chi connectivity index (χ2v) is 5.08. The van der Waals surface area contributed by atoms with Crippen LogP contribution in [-0.2, 0) is 4.74 Å². The zero-order chi connectivity index (χ0) is 14.4. The fourth-order valence-electron chi connectivity index (χ4n) is 2.12. The topological polar surface area (TPSA) is 86.4 Å². The van der Waals surface area contributed by atoms with Gasteiger partial charge in [0.1, 0.15) is 0 Å². The predicted octanol–water partition coefficient (Wildman–Crippen LogP) is 1.11. The summed E-state index contributed by atoms with van der Waals surface area (Å²) in [6.45, 7) is 7.78. The van der Waals surface area contributed by atoms with Gasteiger partial charge in [0.25, 0.3) is 0 Å². The lowest BCUT2D eigenvalue weighted by molar-refractivity contribution is 0.122. The molecule has 112 valence electrons. The number of hydrogen-bond acceptors (Lipinski definition) is 7. The van der Waals surface area contributed by atoms with E-state index in [4.69, 9.17) is 15.2 Å². The van der Waals surface area contributed by atoms with Gasteiger partial charge in [-0.2, -0.15) is 15.0 Å². The molecule has 0 aromatic carbocycles. The Morgan fingerprint density at radius 2 is 2.05 bits per heavy atom. The Balaban J connectivity index is 2.00. The highest BCUT2D eigenvalue weighted by atomic mass is 16.5. The van der Waals surface area contributed by atoms with Crippen LogP contribution in [0.2, 0.25) is 0 Å². The smallest absolute Gasteiger partial charge is 0.323 e. The molecule has 0 aliphatic carbocycles. The summed E-state index contributed by atoms with van der Waals surface area (Å²) in [4.78, 5) is 14.6. The van der Waals surface area contributed by atoms with Gasteiger partial charge in [-0.15, -0.1) is 0 Å². The van der Waals surface area contributed by atoms with Crippen molar-refractivity contribution in [3.63, 3.8) is 0 Å². The van der Waals surface area contributed by atoms with Gasteiger partial charge in [-0.25, -0.2) is 0 Å². The fraction of sp³-hybridized carbons (Fsp3) is 0.769. The number of aromatic nitrogens is 3. The van der Waals surface area contributed by atoms with Crippen LogP contribution in [0.15, 0.2) is 0 Å². The van der Waals surface area contributed by atoms with E-state index in [9.17, 15) is 0 Å². The third-order valence-corrected chi connectivity index (χ3v) is 3.19. The summed E-state index contributed by atoms with van der Waals surface area (Å²) < 4.78 is 10.9. The van der Waals surface area contributed by atoms with Gasteiger partial charge in [-0.3, -0.25) is 0 Å². The highest BCUT2D eigenvalue weighted by Gasteiger charge is 2.16. The van der Waals surface area contributed by atoms with Crippen LogP contribution in [0.3, 0.4) is 0 Å². The summed E-state index contributed by atoms with van der Waals surface area (Å²) in [5.41, 5.74) is 5.73. The Hall–Kier alpha value is -1.63. The van der Waals surface area contributed by atoms with E-state index in [2.05, 4.69) is 28.8 Å². The van der Waals surface area contributed by atoms with Crippen molar-refractivity contribution in [1.29, 1.82) is 0 Å². The number of hydrogen-bond donors (Lipinski definition) is 1. The normalized spacial score (nSPS) is 17.0. The molecule has 0 amide bonds. The Kier molecular flexibility index (Phi) is 5.34. The summed E-state index contributed by atoms with van der Waals surface area (Å²) in [5, 5.41) is 0. The van der Waals surface area contributed by atoms with Crippen LogP contribution in [0.4, 0.5) is 11.9 Å². The zero-order valence-electron chi connectivity index (χ0n) is 12.2. The van der Waals surface area contributed by atoms with Gasteiger partial charge in [0.2, 0.25) is 11.9 Å². The molecular weight excluding hydrogens is 258 g/mol. The fourth-order valence-corrected chi connectivity index (χ4v) is 2.12. The third kappa shape index (κ3) is 4.19. The Morgan fingerprint density at radius 1 is 1.30 bits per heavy atom. The van der Waals surface area contributed by atoms with Crippen LogP contribution < -0.4 is 15.4 Å². The van der Waals surface area contributed by atoms with Crippen LogP contribution in [0.25, 0.3) is 0 Å². The Bertz CT molecular complexity index is 423. The van der Waals surface area contributed by atoms with Gasteiger partial charge in [0.15, 0.2) is 0 Å². The van der Waals surface area contributed by atoms with Gasteiger partial charge in [0, 0.05) is 13.1 Å². The van der Waals surface area contributed by atoms with E-state index in [0.29, 0.717) is 37.7 Å². The van der Waals surface area contributed by atoms with E-state index in [1.165, 1.54) is 0 Å². The number of morpholine rings is 1. The van der Waals surface area contributed by atoms with Crippen molar-refractivity contribution >= 4 is 11.9 Å². The molecule has 1 aromatic heterocycles. The molecule has 0 bridgehead atoms. The average Bonchev–Trinajstić information content (AvgIpc) is 2.46. The van der Waals surface area contributed by atoms with E-state index >= 15 is 0 Å². The van der Waals surface area contributed by atoms with Crippen LogP contribution in [0, 0.1) is 5.92 Å². The van der Waals surface area contributed by atoms with Crippen LogP contribution in [-0.4, -0.2) is 47.9 Å². The zero-order valence-corrected chi connectivity index (χ0v) is 12.2. The molecule has 1 aromatic rings. The molecule has 2 N–H and O–H groups in total. The van der Waals surface area contributed by atoms with Crippen molar-refractivity contribution in [3.05, 3.63) is 0 Å². The molecule has 1 unspecified atom stereocenters. The number of ether oxygens (including phenoxy) is 2. The van der Waals surface area contributed by atoms with Crippen LogP contribution >= 0.6 is 0 Å². The molecule has 1 aliphatic rings. The summed E-state index contributed by atoms with van der Waals surface area (Å²) in [6.07, 6.45) is 2.26. The molecule has 1 saturated heterocycles. The molecule has 0 spiro atoms. The van der Waals surface area contributed by atoms with Crippen molar-refractivity contribution in [2.75, 3.05) is 43.5 Å². The summed E-state index contributed by atoms with van der Waals surface area (Å²) in [6, 6.07) is 0.307. The lowest BCUT2D eigenvalue weighted by Gasteiger charge is -2.26. The van der Waals surface area contributed by atoms with E-state index in [-0.39, 0.29) is 5.95 Å². The van der Waals surface area contributed by atoms with Crippen LogP contribution in [0.5, 0.6) is 6.01 Å². The minimum Gasteiger partial charge on any atom is -0.463 e. The average molecular weight is 281 g/mol. The monoisotopic (exact) mass is 281 g/mol. The SMILES string of the molecule is CCCC(C)COc1nc(N)nc(N2CCOCC2)n1. The second-order valence-electron chi connectivity index (χ2n) is 5.08. The predicted molar refractivity (Wildman–Crippen MR) is 76.8 cm³/mol. The maximum Gasteiger partial charge on any atom is 0.323 e. The lowest BCUT2D eigenvalue weighted by Crippen LogP contribution is -2.37. The van der Waals surface area contributed by atoms with Gasteiger partial charge in [0.05, 0.1) is 19.8 Å². The number of nitrogens with zero attached hydrogens (tertiary/aromatic N) is 4. The van der Waals surface area contributed by atoms with Crippen molar-refractivity contribution in [1.82, 2.24) is 15.0 Å². The second kappa shape index (κ2) is 7.23. The first-order valence-corrected chi connectivity index (χ1v) is 7.16. The molecule has 1 aliphatic heterocycles. The maximum absolute atomic E-state index is 5.73. The van der Waals surface area contributed by atoms with Gasteiger partial charge in [-0.1, -0.05) is 20.3 Å². The minimum atomic E-state index is 0.194. The van der Waals surface area contributed by atoms with E-state index in [0.717, 1.165) is 25.9 Å². The largest absolute Gasteiger partial charge is 0.463 e. The van der Waals surface area contributed by atoms with Crippen molar-refractivity contribution in [2.24, 2.45) is 5.92 Å². The van der Waals surface area contributed by atoms with Gasteiger partial charge in [-0.05, 0) is 12.3 Å². The highest BCUT2D eigenvalue weighted by molar-refractivity contribution is 5.36. The molecule has 20 heavy (non-hydrogen) atoms. The van der Waals surface area contributed by atoms with Gasteiger partial charge < -0.3 is 20.1 Å². The first kappa shape index (κ1) is 14.8. The Morgan fingerprint density at radius 3 is 2.75 bits per heavy atom. The van der Waals surface area contributed by atoms with E-state index in [1.54, 1.807) is 0 Å². The molecular formula is C13H23N5O2. The number of nitrogens with two attached hydrogens (primary N) is 1. The molecule has 7 nitrogen and oxygen atoms in total. The Labute approximate surface area is 119 Å². The molecule has 0 saturated carbocycles. The van der Waals surface area contributed by atoms with Crippen molar-refractivity contribution in [2.45, 2.75) is 26.7 Å². The number of nitrogen functional groups attached to an aromatic ring is 1. The van der Waals surface area contributed by atoms with E-state index < -0.39 is 0 Å². The van der Waals surface area contributed by atoms with Gasteiger partial charge >= 0.3 is 6.01 Å². The van der Waals surface area contributed by atoms with E-state index in [1.807, 2.05) is 4.90 Å². The first-order valence-electron chi connectivity index (χ1n) is 7.16. The first-order chi connectivity index (χ1) is 9.69. The molecule has 0 radical (unpaired) electrons. The van der Waals surface area contributed by atoms with Crippen LogP contribution in [0.1, 0.15) is 26.7 Å².